The summed E-state index contributed by atoms with van der Waals surface area (Å²) in [6.07, 6.45) is 3.66. The maximum atomic E-state index is 11.1. The van der Waals surface area contributed by atoms with E-state index in [1.54, 1.807) is 0 Å². The molecule has 0 saturated heterocycles. The van der Waals surface area contributed by atoms with E-state index in [0.29, 0.717) is 12.0 Å². The second kappa shape index (κ2) is 6.06. The summed E-state index contributed by atoms with van der Waals surface area (Å²) in [6, 6.07) is 6.53. The van der Waals surface area contributed by atoms with Crippen LogP contribution in [0.25, 0.3) is 0 Å². The summed E-state index contributed by atoms with van der Waals surface area (Å²) in [5.74, 6) is 0.540. The molecule has 0 aromatic heterocycles. The number of benzene rings is 1. The van der Waals surface area contributed by atoms with E-state index < -0.39 is 0 Å². The number of hydrogen-bond acceptors (Lipinski definition) is 3. The summed E-state index contributed by atoms with van der Waals surface area (Å²) in [5.41, 5.74) is 8.85. The van der Waals surface area contributed by atoms with Crippen molar-refractivity contribution < 1.29 is 4.79 Å². The van der Waals surface area contributed by atoms with Gasteiger partial charge in [-0.2, -0.15) is 0 Å². The number of hydrogen-bond donors (Lipinski definition) is 3. The molecule has 1 amide bonds. The zero-order valence-corrected chi connectivity index (χ0v) is 11.7. The van der Waals surface area contributed by atoms with Gasteiger partial charge in [-0.3, -0.25) is 4.79 Å². The lowest BCUT2D eigenvalue weighted by Crippen LogP contribution is -2.29. The largest absolute Gasteiger partial charge is 0.382 e. The molecule has 4 nitrogen and oxygen atoms in total. The van der Waals surface area contributed by atoms with Gasteiger partial charge in [0.15, 0.2) is 0 Å². The van der Waals surface area contributed by atoms with Gasteiger partial charge >= 0.3 is 0 Å². The van der Waals surface area contributed by atoms with Crippen molar-refractivity contribution in [2.75, 3.05) is 17.2 Å². The van der Waals surface area contributed by atoms with Crippen LogP contribution in [0.15, 0.2) is 18.2 Å². The fraction of sp³-hybridized carbons (Fsp3) is 0.533. The van der Waals surface area contributed by atoms with E-state index in [0.717, 1.165) is 23.5 Å². The number of amides is 1. The third-order valence-corrected chi connectivity index (χ3v) is 3.85. The third-order valence-electron chi connectivity index (χ3n) is 3.85. The van der Waals surface area contributed by atoms with Crippen LogP contribution < -0.4 is 16.4 Å². The van der Waals surface area contributed by atoms with Crippen molar-refractivity contribution in [3.8, 4) is 0 Å². The van der Waals surface area contributed by atoms with Gasteiger partial charge in [-0.1, -0.05) is 6.42 Å². The Morgan fingerprint density at radius 2 is 2.21 bits per heavy atom. The minimum absolute atomic E-state index is 0.0391. The van der Waals surface area contributed by atoms with Gasteiger partial charge < -0.3 is 16.4 Å². The Kier molecular flexibility index (Phi) is 4.43. The van der Waals surface area contributed by atoms with Gasteiger partial charge in [0.1, 0.15) is 0 Å². The highest BCUT2D eigenvalue weighted by Gasteiger charge is 2.25. The Balaban J connectivity index is 2.05. The molecule has 1 aromatic carbocycles. The third kappa shape index (κ3) is 3.47. The molecule has 19 heavy (non-hydrogen) atoms. The summed E-state index contributed by atoms with van der Waals surface area (Å²) in [7, 11) is 0. The Labute approximate surface area is 114 Å². The fourth-order valence-electron chi connectivity index (χ4n) is 2.81. The number of nitrogens with one attached hydrogen (secondary N) is 2. The van der Waals surface area contributed by atoms with Crippen LogP contribution in [0.5, 0.6) is 0 Å². The minimum Gasteiger partial charge on any atom is -0.382 e. The smallest absolute Gasteiger partial charge is 0.221 e. The van der Waals surface area contributed by atoms with Crippen LogP contribution >= 0.6 is 0 Å². The average Bonchev–Trinajstić information content (AvgIpc) is 2.79. The zero-order valence-electron chi connectivity index (χ0n) is 11.7. The Morgan fingerprint density at radius 1 is 1.42 bits per heavy atom. The molecule has 2 unspecified atom stereocenters. The standard InChI is InChI=1S/C15H23N3O/c1-10-8-13(6-7-14(10)17-11(2)19)18-15-5-3-4-12(15)9-16/h6-8,12,15,18H,3-5,9,16H2,1-2H3,(H,17,19). The highest BCUT2D eigenvalue weighted by Crippen LogP contribution is 2.29. The van der Waals surface area contributed by atoms with E-state index in [4.69, 9.17) is 5.73 Å². The Morgan fingerprint density at radius 3 is 2.84 bits per heavy atom. The van der Waals surface area contributed by atoms with Crippen molar-refractivity contribution in [2.45, 2.75) is 39.2 Å². The highest BCUT2D eigenvalue weighted by molar-refractivity contribution is 5.89. The minimum atomic E-state index is -0.0391. The molecular weight excluding hydrogens is 238 g/mol. The molecule has 1 fully saturated rings. The Bertz CT molecular complexity index is 459. The SMILES string of the molecule is CC(=O)Nc1ccc(NC2CCCC2CN)cc1C. The summed E-state index contributed by atoms with van der Waals surface area (Å²) in [5, 5.41) is 6.40. The molecule has 2 atom stereocenters. The van der Waals surface area contributed by atoms with E-state index in [1.807, 2.05) is 19.1 Å². The van der Waals surface area contributed by atoms with Crippen molar-refractivity contribution in [1.82, 2.24) is 0 Å². The molecule has 1 aromatic rings. The average molecular weight is 261 g/mol. The van der Waals surface area contributed by atoms with Gasteiger partial charge in [0.2, 0.25) is 5.91 Å². The van der Waals surface area contributed by atoms with Crippen LogP contribution in [-0.4, -0.2) is 18.5 Å². The molecule has 4 heteroatoms. The number of nitrogens with two attached hydrogens (primary N) is 1. The van der Waals surface area contributed by atoms with Gasteiger partial charge in [0.25, 0.3) is 0 Å². The second-order valence-electron chi connectivity index (χ2n) is 5.39. The fourth-order valence-corrected chi connectivity index (χ4v) is 2.81. The van der Waals surface area contributed by atoms with Crippen molar-refractivity contribution in [3.63, 3.8) is 0 Å². The van der Waals surface area contributed by atoms with Gasteiger partial charge in [-0.25, -0.2) is 0 Å². The quantitative estimate of drug-likeness (QED) is 0.780. The first-order chi connectivity index (χ1) is 9.10. The summed E-state index contributed by atoms with van der Waals surface area (Å²) >= 11 is 0. The lowest BCUT2D eigenvalue weighted by atomic mass is 10.0. The molecule has 104 valence electrons. The lowest BCUT2D eigenvalue weighted by Gasteiger charge is -2.21. The summed E-state index contributed by atoms with van der Waals surface area (Å²) in [6.45, 7) is 4.28. The zero-order chi connectivity index (χ0) is 13.8. The molecule has 1 saturated carbocycles. The first-order valence-electron chi connectivity index (χ1n) is 6.95. The molecule has 1 aliphatic rings. The normalized spacial score (nSPS) is 22.3. The Hall–Kier alpha value is -1.55. The molecule has 0 heterocycles. The molecule has 0 aliphatic heterocycles. The molecule has 4 N–H and O–H groups in total. The van der Waals surface area contributed by atoms with Gasteiger partial charge in [0.05, 0.1) is 0 Å². The lowest BCUT2D eigenvalue weighted by molar-refractivity contribution is -0.114. The number of carbonyl (C=O) groups is 1. The highest BCUT2D eigenvalue weighted by atomic mass is 16.1. The monoisotopic (exact) mass is 261 g/mol. The molecule has 0 spiro atoms. The number of anilines is 2. The van der Waals surface area contributed by atoms with Crippen molar-refractivity contribution >= 4 is 17.3 Å². The predicted molar refractivity (Wildman–Crippen MR) is 79.3 cm³/mol. The summed E-state index contributed by atoms with van der Waals surface area (Å²) < 4.78 is 0. The maximum absolute atomic E-state index is 11.1. The predicted octanol–water partition coefficient (Wildman–Crippen LogP) is 2.49. The van der Waals surface area contributed by atoms with Gasteiger partial charge in [-0.05, 0) is 56.0 Å². The van der Waals surface area contributed by atoms with Crippen molar-refractivity contribution in [2.24, 2.45) is 11.7 Å². The summed E-state index contributed by atoms with van der Waals surface area (Å²) in [4.78, 5) is 11.1. The molecule has 2 rings (SSSR count). The maximum Gasteiger partial charge on any atom is 0.221 e. The number of aryl methyl sites for hydroxylation is 1. The van der Waals surface area contributed by atoms with Crippen LogP contribution in [0.2, 0.25) is 0 Å². The van der Waals surface area contributed by atoms with Crippen LogP contribution in [0.3, 0.4) is 0 Å². The van der Waals surface area contributed by atoms with Crippen LogP contribution in [0.4, 0.5) is 11.4 Å². The molecule has 0 bridgehead atoms. The molecule has 0 radical (unpaired) electrons. The van der Waals surface area contributed by atoms with E-state index >= 15 is 0 Å². The number of rotatable bonds is 4. The van der Waals surface area contributed by atoms with Gasteiger partial charge in [0, 0.05) is 24.3 Å². The van der Waals surface area contributed by atoms with Crippen molar-refractivity contribution in [1.29, 1.82) is 0 Å². The van der Waals surface area contributed by atoms with Crippen LogP contribution in [0, 0.1) is 12.8 Å². The first-order valence-corrected chi connectivity index (χ1v) is 6.95. The van der Waals surface area contributed by atoms with E-state index in [1.165, 1.54) is 26.2 Å². The second-order valence-corrected chi connectivity index (χ2v) is 5.39. The van der Waals surface area contributed by atoms with Crippen LogP contribution in [-0.2, 0) is 4.79 Å². The van der Waals surface area contributed by atoms with Crippen LogP contribution in [0.1, 0.15) is 31.7 Å². The molecular formula is C15H23N3O. The van der Waals surface area contributed by atoms with Gasteiger partial charge in [-0.15, -0.1) is 0 Å². The van der Waals surface area contributed by atoms with E-state index in [9.17, 15) is 4.79 Å². The number of carbonyl (C=O) groups excluding carboxylic acids is 1. The first kappa shape index (κ1) is 13.9. The molecule has 1 aliphatic carbocycles. The topological polar surface area (TPSA) is 67.2 Å². The van der Waals surface area contributed by atoms with E-state index in [2.05, 4.69) is 16.7 Å². The van der Waals surface area contributed by atoms with Crippen molar-refractivity contribution in [3.05, 3.63) is 23.8 Å². The van der Waals surface area contributed by atoms with E-state index in [-0.39, 0.29) is 5.91 Å².